The van der Waals surface area contributed by atoms with E-state index >= 15 is 0 Å². The molecule has 2 saturated heterocycles. The van der Waals surface area contributed by atoms with Crippen LogP contribution in [0.5, 0.6) is 0 Å². The third-order valence-electron chi connectivity index (χ3n) is 5.45. The number of rotatable bonds is 7. The predicted octanol–water partition coefficient (Wildman–Crippen LogP) is 1.46. The van der Waals surface area contributed by atoms with Gasteiger partial charge in [-0.1, -0.05) is 60.7 Å². The summed E-state index contributed by atoms with van der Waals surface area (Å²) in [6, 6.07) is 17.2. The number of carbonyl (C=O) groups excluding carboxylic acids is 1. The summed E-state index contributed by atoms with van der Waals surface area (Å²) in [4.78, 5) is 12.0. The van der Waals surface area contributed by atoms with Gasteiger partial charge in [-0.2, -0.15) is 0 Å². The Morgan fingerprint density at radius 1 is 1.03 bits per heavy atom. The maximum atomic E-state index is 12.3. The van der Waals surface area contributed by atoms with Gasteiger partial charge in [-0.3, -0.25) is 4.79 Å². The maximum Gasteiger partial charge on any atom is 0.217 e. The average molecular weight is 477 g/mol. The zero-order valence-corrected chi connectivity index (χ0v) is 19.2. The second-order valence-corrected chi connectivity index (χ2v) is 9.94. The highest BCUT2D eigenvalue weighted by Gasteiger charge is 2.51. The largest absolute Gasteiger partial charge is 0.347 e. The van der Waals surface area contributed by atoms with Crippen LogP contribution in [0.25, 0.3) is 0 Å². The molecule has 0 saturated carbocycles. The van der Waals surface area contributed by atoms with Crippen LogP contribution >= 0.6 is 0 Å². The molecule has 2 aliphatic rings. The van der Waals surface area contributed by atoms with Crippen LogP contribution in [0, 0.1) is 0 Å². The Labute approximate surface area is 193 Å². The SMILES string of the molecule is CC(=O)N[C@H]1[C@@H](OCc2ccccc2)O[C@@H]2CO[C@@H](c3ccccc3)O[C@H]2[C@@H]1NS(C)(=O)=O. The fourth-order valence-corrected chi connectivity index (χ4v) is 4.85. The van der Waals surface area contributed by atoms with Gasteiger partial charge in [-0.15, -0.1) is 0 Å². The number of ether oxygens (including phenoxy) is 4. The molecule has 0 aliphatic carbocycles. The molecule has 2 aromatic carbocycles. The fraction of sp³-hybridized carbons (Fsp3) is 0.435. The molecule has 2 N–H and O–H groups in total. The summed E-state index contributed by atoms with van der Waals surface area (Å²) >= 11 is 0. The molecule has 0 aromatic heterocycles. The van der Waals surface area contributed by atoms with E-state index in [4.69, 9.17) is 18.9 Å². The van der Waals surface area contributed by atoms with E-state index in [1.54, 1.807) is 0 Å². The van der Waals surface area contributed by atoms with E-state index in [2.05, 4.69) is 10.0 Å². The van der Waals surface area contributed by atoms with Gasteiger partial charge in [0.05, 0.1) is 31.6 Å². The average Bonchev–Trinajstić information content (AvgIpc) is 2.79. The van der Waals surface area contributed by atoms with Crippen LogP contribution in [-0.2, 0) is 40.4 Å². The number of hydrogen-bond acceptors (Lipinski definition) is 7. The standard InChI is InChI=1S/C23H28N2O7S/c1-15(26)24-20-19(25-33(2,27)28)21-18(14-30-22(32-21)17-11-7-4-8-12-17)31-23(20)29-13-16-9-5-3-6-10-16/h3-12,18-23,25H,13-14H2,1-2H3,(H,24,26)/t18-,19-,20-,21-,22-,23+/m1/s1. The molecule has 9 nitrogen and oxygen atoms in total. The van der Waals surface area contributed by atoms with Gasteiger partial charge >= 0.3 is 0 Å². The normalized spacial score (nSPS) is 29.8. The number of sulfonamides is 1. The van der Waals surface area contributed by atoms with Gasteiger partial charge < -0.3 is 24.3 Å². The minimum Gasteiger partial charge on any atom is -0.347 e. The topological polar surface area (TPSA) is 112 Å². The molecule has 4 rings (SSSR count). The highest BCUT2D eigenvalue weighted by molar-refractivity contribution is 7.88. The summed E-state index contributed by atoms with van der Waals surface area (Å²) in [5.74, 6) is -0.345. The number of amides is 1. The molecular formula is C23H28N2O7S. The number of hydrogen-bond donors (Lipinski definition) is 2. The highest BCUT2D eigenvalue weighted by atomic mass is 32.2. The molecule has 2 fully saturated rings. The van der Waals surface area contributed by atoms with Crippen molar-refractivity contribution >= 4 is 15.9 Å². The lowest BCUT2D eigenvalue weighted by Crippen LogP contribution is -2.71. The summed E-state index contributed by atoms with van der Waals surface area (Å²) in [5.41, 5.74) is 1.71. The summed E-state index contributed by atoms with van der Waals surface area (Å²) in [6.07, 6.45) is -1.87. The zero-order chi connectivity index (χ0) is 23.4. The monoisotopic (exact) mass is 476 g/mol. The highest BCUT2D eigenvalue weighted by Crippen LogP contribution is 2.35. The van der Waals surface area contributed by atoms with Crippen LogP contribution in [0.1, 0.15) is 24.3 Å². The van der Waals surface area contributed by atoms with Gasteiger partial charge in [0.25, 0.3) is 0 Å². The molecule has 0 spiro atoms. The van der Waals surface area contributed by atoms with E-state index in [0.717, 1.165) is 17.4 Å². The number of benzene rings is 2. The fourth-order valence-electron chi connectivity index (χ4n) is 4.07. The first kappa shape index (κ1) is 23.8. The Kier molecular flexibility index (Phi) is 7.42. The first-order valence-corrected chi connectivity index (χ1v) is 12.6. The molecular weight excluding hydrogens is 448 g/mol. The van der Waals surface area contributed by atoms with Crippen molar-refractivity contribution < 1.29 is 32.2 Å². The quantitative estimate of drug-likeness (QED) is 0.622. The van der Waals surface area contributed by atoms with Gasteiger partial charge in [-0.25, -0.2) is 13.1 Å². The smallest absolute Gasteiger partial charge is 0.217 e. The molecule has 2 aliphatic heterocycles. The molecule has 0 radical (unpaired) electrons. The third kappa shape index (κ3) is 6.17. The van der Waals surface area contributed by atoms with E-state index in [0.29, 0.717) is 0 Å². The van der Waals surface area contributed by atoms with Crippen LogP contribution in [0.15, 0.2) is 60.7 Å². The van der Waals surface area contributed by atoms with Gasteiger partial charge in [0, 0.05) is 12.5 Å². The van der Waals surface area contributed by atoms with E-state index in [9.17, 15) is 13.2 Å². The lowest BCUT2D eigenvalue weighted by atomic mass is 9.93. The van der Waals surface area contributed by atoms with E-state index in [1.807, 2.05) is 60.7 Å². The van der Waals surface area contributed by atoms with Crippen molar-refractivity contribution in [1.82, 2.24) is 10.0 Å². The molecule has 0 unspecified atom stereocenters. The van der Waals surface area contributed by atoms with Gasteiger partial charge in [0.1, 0.15) is 12.2 Å². The van der Waals surface area contributed by atoms with Crippen molar-refractivity contribution in [2.75, 3.05) is 12.9 Å². The van der Waals surface area contributed by atoms with Crippen LogP contribution in [-0.4, -0.2) is 57.8 Å². The molecule has 6 atom stereocenters. The summed E-state index contributed by atoms with van der Waals surface area (Å²) in [7, 11) is -3.65. The Morgan fingerprint density at radius 2 is 1.70 bits per heavy atom. The predicted molar refractivity (Wildman–Crippen MR) is 119 cm³/mol. The van der Waals surface area contributed by atoms with Gasteiger partial charge in [0.15, 0.2) is 12.6 Å². The van der Waals surface area contributed by atoms with Crippen LogP contribution in [0.4, 0.5) is 0 Å². The Balaban J connectivity index is 1.60. The molecule has 178 valence electrons. The van der Waals surface area contributed by atoms with Gasteiger partial charge in [-0.05, 0) is 5.56 Å². The van der Waals surface area contributed by atoms with Crippen molar-refractivity contribution in [1.29, 1.82) is 0 Å². The molecule has 10 heteroatoms. The lowest BCUT2D eigenvalue weighted by Gasteiger charge is -2.49. The van der Waals surface area contributed by atoms with Gasteiger partial charge in [0.2, 0.25) is 15.9 Å². The van der Waals surface area contributed by atoms with Crippen molar-refractivity contribution in [3.63, 3.8) is 0 Å². The zero-order valence-electron chi connectivity index (χ0n) is 18.4. The molecule has 33 heavy (non-hydrogen) atoms. The number of fused-ring (bicyclic) bond motifs is 1. The van der Waals surface area contributed by atoms with Crippen LogP contribution in [0.2, 0.25) is 0 Å². The second-order valence-electron chi connectivity index (χ2n) is 8.16. The van der Waals surface area contributed by atoms with E-state index in [-0.39, 0.29) is 19.1 Å². The first-order valence-electron chi connectivity index (χ1n) is 10.7. The van der Waals surface area contributed by atoms with Crippen molar-refractivity contribution in [3.8, 4) is 0 Å². The second kappa shape index (κ2) is 10.3. The van der Waals surface area contributed by atoms with E-state index < -0.39 is 46.9 Å². The molecule has 0 bridgehead atoms. The van der Waals surface area contributed by atoms with E-state index in [1.165, 1.54) is 6.92 Å². The molecule has 2 aromatic rings. The number of carbonyl (C=O) groups is 1. The van der Waals surface area contributed by atoms with Crippen LogP contribution in [0.3, 0.4) is 0 Å². The van der Waals surface area contributed by atoms with Crippen molar-refractivity contribution in [2.45, 2.75) is 50.4 Å². The van der Waals surface area contributed by atoms with Crippen molar-refractivity contribution in [3.05, 3.63) is 71.8 Å². The van der Waals surface area contributed by atoms with Crippen LogP contribution < -0.4 is 10.0 Å². The molecule has 1 amide bonds. The third-order valence-corrected chi connectivity index (χ3v) is 6.15. The number of nitrogens with one attached hydrogen (secondary N) is 2. The first-order chi connectivity index (χ1) is 15.8. The van der Waals surface area contributed by atoms with Crippen molar-refractivity contribution in [2.24, 2.45) is 0 Å². The Morgan fingerprint density at radius 3 is 2.33 bits per heavy atom. The minimum absolute atomic E-state index is 0.171. The summed E-state index contributed by atoms with van der Waals surface area (Å²) in [5, 5.41) is 2.79. The Bertz CT molecular complexity index is 1040. The molecule has 2 heterocycles. The minimum atomic E-state index is -3.65. The maximum absolute atomic E-state index is 12.3. The summed E-state index contributed by atoms with van der Waals surface area (Å²) < 4.78 is 51.3. The Hall–Kier alpha value is -2.34. The summed E-state index contributed by atoms with van der Waals surface area (Å²) in [6.45, 7) is 1.75. The lowest BCUT2D eigenvalue weighted by molar-refractivity contribution is -0.329.